The molecule has 0 aromatic carbocycles. The van der Waals surface area contributed by atoms with Crippen LogP contribution in [0.15, 0.2) is 12.3 Å². The van der Waals surface area contributed by atoms with Gasteiger partial charge < -0.3 is 0 Å². The quantitative estimate of drug-likeness (QED) is 0.667. The molecule has 0 atom stereocenters. The molecule has 0 bridgehead atoms. The van der Waals surface area contributed by atoms with Gasteiger partial charge in [-0.25, -0.2) is 0 Å². The summed E-state index contributed by atoms with van der Waals surface area (Å²) in [5, 5.41) is 0.0322. The lowest BCUT2D eigenvalue weighted by molar-refractivity contribution is -0.137. The van der Waals surface area contributed by atoms with Crippen LogP contribution < -0.4 is 0 Å². The predicted octanol–water partition coefficient (Wildman–Crippen LogP) is 3.48. The van der Waals surface area contributed by atoms with E-state index in [2.05, 4.69) is 4.98 Å². The zero-order valence-electron chi connectivity index (χ0n) is 6.52. The average Bonchev–Trinajstić information content (AvgIpc) is 1.92. The Morgan fingerprint density at radius 2 is 1.92 bits per heavy atom. The van der Waals surface area contributed by atoms with Gasteiger partial charge in [0.05, 0.1) is 16.3 Å². The fourth-order valence-electron chi connectivity index (χ4n) is 0.661. The van der Waals surface area contributed by atoms with Crippen molar-refractivity contribution in [3.05, 3.63) is 28.5 Å². The first-order valence-electron chi connectivity index (χ1n) is 3.10. The highest BCUT2D eigenvalue weighted by atomic mass is 35.5. The Kier molecular flexibility index (Phi) is 4.00. The molecule has 0 aliphatic heterocycles. The monoisotopic (exact) mass is 231 g/mol. The van der Waals surface area contributed by atoms with Crippen LogP contribution in [0.3, 0.4) is 0 Å². The maximum atomic E-state index is 12.0. The summed E-state index contributed by atoms with van der Waals surface area (Å²) in [7, 11) is 0. The van der Waals surface area contributed by atoms with E-state index in [9.17, 15) is 13.2 Å². The van der Waals surface area contributed by atoms with Gasteiger partial charge in [-0.15, -0.1) is 12.4 Å². The SMILES string of the molecule is Cc1ncc(C(F)(F)F)cc1Cl.Cl. The van der Waals surface area contributed by atoms with E-state index in [1.54, 1.807) is 6.92 Å². The van der Waals surface area contributed by atoms with E-state index in [1.165, 1.54) is 0 Å². The number of aryl methyl sites for hydroxylation is 1. The fraction of sp³-hybridized carbons (Fsp3) is 0.286. The summed E-state index contributed by atoms with van der Waals surface area (Å²) in [5.74, 6) is 0. The first-order valence-corrected chi connectivity index (χ1v) is 3.48. The first kappa shape index (κ1) is 12.5. The molecule has 0 radical (unpaired) electrons. The van der Waals surface area contributed by atoms with Crippen LogP contribution in [-0.4, -0.2) is 4.98 Å². The lowest BCUT2D eigenvalue weighted by Crippen LogP contribution is -2.05. The van der Waals surface area contributed by atoms with E-state index in [-0.39, 0.29) is 17.4 Å². The molecule has 0 spiro atoms. The van der Waals surface area contributed by atoms with Gasteiger partial charge in [0.15, 0.2) is 0 Å². The van der Waals surface area contributed by atoms with Crippen LogP contribution in [0.2, 0.25) is 5.02 Å². The lowest BCUT2D eigenvalue weighted by atomic mass is 10.2. The van der Waals surface area contributed by atoms with Gasteiger partial charge in [0.2, 0.25) is 0 Å². The van der Waals surface area contributed by atoms with Crippen LogP contribution in [0, 0.1) is 6.92 Å². The summed E-state index contributed by atoms with van der Waals surface area (Å²) in [5.41, 5.74) is -0.428. The zero-order chi connectivity index (χ0) is 9.35. The van der Waals surface area contributed by atoms with Crippen molar-refractivity contribution in [3.63, 3.8) is 0 Å². The third kappa shape index (κ3) is 3.04. The summed E-state index contributed by atoms with van der Waals surface area (Å²) in [6.45, 7) is 1.54. The minimum absolute atomic E-state index is 0. The number of alkyl halides is 3. The first-order chi connectivity index (χ1) is 5.41. The molecule has 0 unspecified atom stereocenters. The molecule has 1 nitrogen and oxygen atoms in total. The van der Waals surface area contributed by atoms with Crippen LogP contribution in [0.25, 0.3) is 0 Å². The highest BCUT2D eigenvalue weighted by Gasteiger charge is 2.31. The molecule has 1 aromatic rings. The van der Waals surface area contributed by atoms with Crippen LogP contribution in [0.5, 0.6) is 0 Å². The molecule has 13 heavy (non-hydrogen) atoms. The summed E-state index contributed by atoms with van der Waals surface area (Å²) < 4.78 is 36.0. The molecule has 1 rings (SSSR count). The van der Waals surface area contributed by atoms with Gasteiger partial charge in [0, 0.05) is 6.20 Å². The van der Waals surface area contributed by atoms with Crippen molar-refractivity contribution >= 4 is 24.0 Å². The third-order valence-electron chi connectivity index (χ3n) is 1.35. The number of rotatable bonds is 0. The van der Waals surface area contributed by atoms with Gasteiger partial charge >= 0.3 is 6.18 Å². The standard InChI is InChI=1S/C7H5ClF3N.ClH/c1-4-6(8)2-5(3-12-4)7(9,10)11;/h2-3H,1H3;1H. The molecule has 1 aromatic heterocycles. The van der Waals surface area contributed by atoms with E-state index in [0.717, 1.165) is 12.3 Å². The Morgan fingerprint density at radius 3 is 2.31 bits per heavy atom. The molecular weight excluding hydrogens is 226 g/mol. The zero-order valence-corrected chi connectivity index (χ0v) is 8.09. The van der Waals surface area contributed by atoms with Crippen LogP contribution in [-0.2, 0) is 6.18 Å². The molecule has 74 valence electrons. The number of aromatic nitrogens is 1. The van der Waals surface area contributed by atoms with Gasteiger partial charge in [0.1, 0.15) is 0 Å². The molecular formula is C7H6Cl2F3N. The molecule has 0 aliphatic rings. The Balaban J connectivity index is 0.00000144. The van der Waals surface area contributed by atoms with Gasteiger partial charge in [0.25, 0.3) is 0 Å². The highest BCUT2D eigenvalue weighted by molar-refractivity contribution is 6.31. The van der Waals surface area contributed by atoms with E-state index < -0.39 is 11.7 Å². The van der Waals surface area contributed by atoms with Crippen LogP contribution in [0.4, 0.5) is 13.2 Å². The maximum Gasteiger partial charge on any atom is 0.417 e. The Bertz CT molecular complexity index is 298. The highest BCUT2D eigenvalue weighted by Crippen LogP contribution is 2.30. The van der Waals surface area contributed by atoms with Crippen molar-refractivity contribution in [2.45, 2.75) is 13.1 Å². The predicted molar refractivity (Wildman–Crippen MR) is 46.2 cm³/mol. The van der Waals surface area contributed by atoms with Crippen LogP contribution in [0.1, 0.15) is 11.3 Å². The van der Waals surface area contributed by atoms with Gasteiger partial charge in [-0.2, -0.15) is 13.2 Å². The third-order valence-corrected chi connectivity index (χ3v) is 1.74. The summed E-state index contributed by atoms with van der Waals surface area (Å²) in [6.07, 6.45) is -3.61. The smallest absolute Gasteiger partial charge is 0.259 e. The molecule has 0 saturated heterocycles. The van der Waals surface area contributed by atoms with Crippen LogP contribution >= 0.6 is 24.0 Å². The topological polar surface area (TPSA) is 12.9 Å². The second-order valence-electron chi connectivity index (χ2n) is 2.29. The summed E-state index contributed by atoms with van der Waals surface area (Å²) in [4.78, 5) is 3.49. The Morgan fingerprint density at radius 1 is 1.38 bits per heavy atom. The molecule has 1 heterocycles. The van der Waals surface area contributed by atoms with Crippen molar-refractivity contribution in [1.82, 2.24) is 4.98 Å². The van der Waals surface area contributed by atoms with Crippen molar-refractivity contribution < 1.29 is 13.2 Å². The number of pyridine rings is 1. The van der Waals surface area contributed by atoms with E-state index in [1.807, 2.05) is 0 Å². The minimum Gasteiger partial charge on any atom is -0.259 e. The maximum absolute atomic E-state index is 12.0. The molecule has 0 N–H and O–H groups in total. The van der Waals surface area contributed by atoms with Crippen molar-refractivity contribution in [1.29, 1.82) is 0 Å². The number of hydrogen-bond acceptors (Lipinski definition) is 1. The molecule has 0 amide bonds. The Labute approximate surface area is 84.3 Å². The second-order valence-corrected chi connectivity index (χ2v) is 2.70. The van der Waals surface area contributed by atoms with E-state index in [4.69, 9.17) is 11.6 Å². The number of hydrogen-bond donors (Lipinski definition) is 0. The molecule has 0 saturated carbocycles. The molecule has 0 fully saturated rings. The lowest BCUT2D eigenvalue weighted by Gasteiger charge is -2.06. The number of nitrogens with zero attached hydrogens (tertiary/aromatic N) is 1. The van der Waals surface area contributed by atoms with E-state index in [0.29, 0.717) is 5.69 Å². The van der Waals surface area contributed by atoms with E-state index >= 15 is 0 Å². The summed E-state index contributed by atoms with van der Waals surface area (Å²) in [6, 6.07) is 0.865. The largest absolute Gasteiger partial charge is 0.417 e. The summed E-state index contributed by atoms with van der Waals surface area (Å²) >= 11 is 5.46. The van der Waals surface area contributed by atoms with Crippen molar-refractivity contribution in [3.8, 4) is 0 Å². The van der Waals surface area contributed by atoms with Gasteiger partial charge in [-0.05, 0) is 13.0 Å². The van der Waals surface area contributed by atoms with Crippen molar-refractivity contribution in [2.75, 3.05) is 0 Å². The van der Waals surface area contributed by atoms with Gasteiger partial charge in [-0.1, -0.05) is 11.6 Å². The van der Waals surface area contributed by atoms with Crippen molar-refractivity contribution in [2.24, 2.45) is 0 Å². The molecule has 6 heteroatoms. The minimum atomic E-state index is -4.37. The van der Waals surface area contributed by atoms with Gasteiger partial charge in [-0.3, -0.25) is 4.98 Å². The number of halogens is 5. The fourth-order valence-corrected chi connectivity index (χ4v) is 0.828. The Hall–Kier alpha value is -0.480. The molecule has 0 aliphatic carbocycles. The normalized spacial score (nSPS) is 10.8. The second kappa shape index (κ2) is 4.15. The average molecular weight is 232 g/mol.